The van der Waals surface area contributed by atoms with Crippen LogP contribution in [0.2, 0.25) is 10.0 Å². The van der Waals surface area contributed by atoms with Crippen LogP contribution in [-0.2, 0) is 28.3 Å². The fraction of sp³-hybridized carbons (Fsp3) is 0.310. The third-order valence-corrected chi connectivity index (χ3v) is 7.31. The van der Waals surface area contributed by atoms with Gasteiger partial charge < -0.3 is 10.2 Å². The van der Waals surface area contributed by atoms with Gasteiger partial charge in [0.15, 0.2) is 0 Å². The second-order valence-corrected chi connectivity index (χ2v) is 11.0. The molecule has 196 valence electrons. The van der Waals surface area contributed by atoms with Gasteiger partial charge in [-0.1, -0.05) is 91.6 Å². The number of hydrogen-bond donors (Lipinski definition) is 1. The molecule has 2 amide bonds. The van der Waals surface area contributed by atoms with Gasteiger partial charge >= 0.3 is 0 Å². The fourth-order valence-electron chi connectivity index (χ4n) is 3.76. The van der Waals surface area contributed by atoms with Crippen LogP contribution < -0.4 is 5.32 Å². The normalized spacial score (nSPS) is 11.8. The third kappa shape index (κ3) is 9.06. The second-order valence-electron chi connectivity index (χ2n) is 9.19. The molecule has 0 saturated carbocycles. The first-order valence-electron chi connectivity index (χ1n) is 12.1. The molecule has 3 aromatic carbocycles. The summed E-state index contributed by atoms with van der Waals surface area (Å²) in [5.74, 6) is -0.0723. The van der Waals surface area contributed by atoms with Crippen LogP contribution in [0.1, 0.15) is 30.5 Å². The van der Waals surface area contributed by atoms with Gasteiger partial charge in [0.2, 0.25) is 11.8 Å². The Morgan fingerprint density at radius 3 is 2.35 bits per heavy atom. The van der Waals surface area contributed by atoms with Crippen molar-refractivity contribution in [1.82, 2.24) is 10.2 Å². The van der Waals surface area contributed by atoms with Crippen molar-refractivity contribution in [2.45, 2.75) is 38.6 Å². The minimum atomic E-state index is -0.755. The van der Waals surface area contributed by atoms with Gasteiger partial charge in [0.25, 0.3) is 0 Å². The molecule has 0 fully saturated rings. The van der Waals surface area contributed by atoms with E-state index in [0.29, 0.717) is 39.9 Å². The summed E-state index contributed by atoms with van der Waals surface area (Å²) in [6.45, 7) is 4.67. The van der Waals surface area contributed by atoms with Gasteiger partial charge in [0.1, 0.15) is 11.9 Å². The van der Waals surface area contributed by atoms with Crippen molar-refractivity contribution >= 4 is 46.8 Å². The Morgan fingerprint density at radius 2 is 1.68 bits per heavy atom. The van der Waals surface area contributed by atoms with Crippen molar-refractivity contribution < 1.29 is 14.0 Å². The van der Waals surface area contributed by atoms with E-state index in [2.05, 4.69) is 5.32 Å². The molecule has 0 heterocycles. The molecule has 0 aromatic heterocycles. The third-order valence-electron chi connectivity index (χ3n) is 5.75. The Bertz CT molecular complexity index is 1190. The van der Waals surface area contributed by atoms with Crippen molar-refractivity contribution in [3.05, 3.63) is 105 Å². The van der Waals surface area contributed by atoms with E-state index in [-0.39, 0.29) is 35.8 Å². The monoisotopic (exact) mass is 560 g/mol. The summed E-state index contributed by atoms with van der Waals surface area (Å²) in [6.07, 6.45) is 0.347. The lowest BCUT2D eigenvalue weighted by atomic mass is 10.0. The molecular formula is C29H31Cl2FN2O2S. The average molecular weight is 562 g/mol. The first kappa shape index (κ1) is 29.0. The Morgan fingerprint density at radius 1 is 0.973 bits per heavy atom. The van der Waals surface area contributed by atoms with Crippen LogP contribution in [0.25, 0.3) is 0 Å². The molecule has 0 aliphatic rings. The predicted molar refractivity (Wildman–Crippen MR) is 151 cm³/mol. The van der Waals surface area contributed by atoms with Gasteiger partial charge in [-0.15, -0.1) is 11.8 Å². The second kappa shape index (κ2) is 14.4. The number of halogens is 3. The van der Waals surface area contributed by atoms with E-state index in [1.54, 1.807) is 41.3 Å². The summed E-state index contributed by atoms with van der Waals surface area (Å²) in [5, 5.41) is 3.90. The van der Waals surface area contributed by atoms with Gasteiger partial charge in [-0.25, -0.2) is 4.39 Å². The molecule has 0 unspecified atom stereocenters. The van der Waals surface area contributed by atoms with Crippen molar-refractivity contribution in [2.75, 3.05) is 12.3 Å². The number of carbonyl (C=O) groups excluding carboxylic acids is 2. The van der Waals surface area contributed by atoms with Crippen LogP contribution in [0, 0.1) is 11.7 Å². The number of amides is 2. The molecule has 3 aromatic rings. The lowest BCUT2D eigenvalue weighted by molar-refractivity contribution is -0.139. The highest BCUT2D eigenvalue weighted by Crippen LogP contribution is 2.25. The van der Waals surface area contributed by atoms with E-state index in [1.165, 1.54) is 17.8 Å². The van der Waals surface area contributed by atoms with E-state index >= 15 is 0 Å². The zero-order chi connectivity index (χ0) is 26.8. The fourth-order valence-corrected chi connectivity index (χ4v) is 5.12. The molecule has 8 heteroatoms. The molecule has 0 saturated heterocycles. The highest BCUT2D eigenvalue weighted by molar-refractivity contribution is 7.99. The summed E-state index contributed by atoms with van der Waals surface area (Å²) in [5.41, 5.74) is 2.16. The smallest absolute Gasteiger partial charge is 0.243 e. The molecule has 0 aliphatic carbocycles. The quantitative estimate of drug-likeness (QED) is 0.265. The predicted octanol–water partition coefficient (Wildman–Crippen LogP) is 6.78. The van der Waals surface area contributed by atoms with Crippen LogP contribution in [0.5, 0.6) is 0 Å². The number of benzene rings is 3. The molecule has 37 heavy (non-hydrogen) atoms. The molecule has 3 rings (SSSR count). The molecular weight excluding hydrogens is 530 g/mol. The van der Waals surface area contributed by atoms with Gasteiger partial charge in [-0.3, -0.25) is 9.59 Å². The summed E-state index contributed by atoms with van der Waals surface area (Å²) in [7, 11) is 0. The van der Waals surface area contributed by atoms with E-state index < -0.39 is 6.04 Å². The van der Waals surface area contributed by atoms with Crippen molar-refractivity contribution in [1.29, 1.82) is 0 Å². The van der Waals surface area contributed by atoms with Crippen LogP contribution in [-0.4, -0.2) is 35.1 Å². The maximum atomic E-state index is 14.1. The summed E-state index contributed by atoms with van der Waals surface area (Å²) >= 11 is 13.9. The topological polar surface area (TPSA) is 49.4 Å². The van der Waals surface area contributed by atoms with E-state index in [0.717, 1.165) is 5.56 Å². The van der Waals surface area contributed by atoms with Crippen molar-refractivity contribution in [3.8, 4) is 0 Å². The lowest BCUT2D eigenvalue weighted by Gasteiger charge is -2.32. The van der Waals surface area contributed by atoms with Crippen LogP contribution in [0.15, 0.2) is 72.8 Å². The number of carbonyl (C=O) groups is 2. The Kier molecular flexibility index (Phi) is 11.3. The van der Waals surface area contributed by atoms with Crippen molar-refractivity contribution in [2.24, 2.45) is 5.92 Å². The molecule has 0 spiro atoms. The zero-order valence-corrected chi connectivity index (χ0v) is 23.3. The highest BCUT2D eigenvalue weighted by Gasteiger charge is 2.30. The van der Waals surface area contributed by atoms with Gasteiger partial charge in [0, 0.05) is 35.3 Å². The molecule has 1 N–H and O–H groups in total. The van der Waals surface area contributed by atoms with Crippen LogP contribution >= 0.6 is 35.0 Å². The number of thioether (sulfide) groups is 1. The minimum Gasteiger partial charge on any atom is -0.354 e. The molecule has 0 bridgehead atoms. The minimum absolute atomic E-state index is 0.0856. The van der Waals surface area contributed by atoms with E-state index in [4.69, 9.17) is 23.2 Å². The number of nitrogens with zero attached hydrogens (tertiary/aromatic N) is 1. The van der Waals surface area contributed by atoms with E-state index in [9.17, 15) is 14.0 Å². The first-order chi connectivity index (χ1) is 17.7. The average Bonchev–Trinajstić information content (AvgIpc) is 2.87. The largest absolute Gasteiger partial charge is 0.354 e. The molecule has 4 nitrogen and oxygen atoms in total. The maximum absolute atomic E-state index is 14.1. The Labute approximate surface area is 232 Å². The number of nitrogens with one attached hydrogen (secondary N) is 1. The maximum Gasteiger partial charge on any atom is 0.243 e. The van der Waals surface area contributed by atoms with Gasteiger partial charge in [-0.05, 0) is 40.8 Å². The van der Waals surface area contributed by atoms with Crippen LogP contribution in [0.3, 0.4) is 0 Å². The SMILES string of the molecule is CC(C)CNC(=O)[C@H](Cc1ccccc1)N(Cc1ccc(Cl)cc1Cl)C(=O)CSCc1ccccc1F. The summed E-state index contributed by atoms with van der Waals surface area (Å²) < 4.78 is 14.1. The molecule has 0 radical (unpaired) electrons. The van der Waals surface area contributed by atoms with Crippen LogP contribution in [0.4, 0.5) is 4.39 Å². The van der Waals surface area contributed by atoms with E-state index in [1.807, 2.05) is 44.2 Å². The Balaban J connectivity index is 1.88. The van der Waals surface area contributed by atoms with Crippen molar-refractivity contribution in [3.63, 3.8) is 0 Å². The molecule has 0 aliphatic heterocycles. The highest BCUT2D eigenvalue weighted by atomic mass is 35.5. The number of rotatable bonds is 12. The Hall–Kier alpha value is -2.54. The van der Waals surface area contributed by atoms with Gasteiger partial charge in [0.05, 0.1) is 5.75 Å². The molecule has 1 atom stereocenters. The first-order valence-corrected chi connectivity index (χ1v) is 14.0. The summed E-state index contributed by atoms with van der Waals surface area (Å²) in [4.78, 5) is 28.7. The standard InChI is InChI=1S/C29H31Cl2FN2O2S/c1-20(2)16-33-29(36)27(14-21-8-4-3-5-9-21)34(17-22-12-13-24(30)15-25(22)31)28(35)19-37-18-23-10-6-7-11-26(23)32/h3-13,15,20,27H,14,16-19H2,1-2H3,(H,33,36)/t27-/m0/s1. The lowest BCUT2D eigenvalue weighted by Crippen LogP contribution is -2.51. The van der Waals surface area contributed by atoms with Gasteiger partial charge in [-0.2, -0.15) is 0 Å². The number of hydrogen-bond acceptors (Lipinski definition) is 3. The summed E-state index contributed by atoms with van der Waals surface area (Å²) in [6, 6.07) is 20.5. The zero-order valence-electron chi connectivity index (χ0n) is 20.9.